The molecule has 10 heteroatoms. The molecule has 33 heavy (non-hydrogen) atoms. The lowest BCUT2D eigenvalue weighted by Gasteiger charge is -2.38. The number of aromatic nitrogens is 3. The quantitative estimate of drug-likeness (QED) is 0.420. The topological polar surface area (TPSA) is 93.8 Å². The summed E-state index contributed by atoms with van der Waals surface area (Å²) in [6, 6.07) is 11.5. The van der Waals surface area contributed by atoms with Gasteiger partial charge in [-0.05, 0) is 48.9 Å². The molecule has 3 aromatic heterocycles. The fourth-order valence-corrected chi connectivity index (χ4v) is 5.81. The van der Waals surface area contributed by atoms with Crippen LogP contribution in [0.25, 0.3) is 16.7 Å². The van der Waals surface area contributed by atoms with E-state index in [1.807, 2.05) is 6.92 Å². The second kappa shape index (κ2) is 7.80. The maximum Gasteiger partial charge on any atom is 0.270 e. The van der Waals surface area contributed by atoms with Gasteiger partial charge in [0.2, 0.25) is 0 Å². The highest BCUT2D eigenvalue weighted by molar-refractivity contribution is 7.92. The van der Waals surface area contributed by atoms with Gasteiger partial charge in [-0.2, -0.15) is 0 Å². The Bertz CT molecular complexity index is 1550. The largest absolute Gasteiger partial charge is 0.335 e. The van der Waals surface area contributed by atoms with Gasteiger partial charge < -0.3 is 9.47 Å². The van der Waals surface area contributed by atoms with E-state index in [-0.39, 0.29) is 29.5 Å². The number of aryl methyl sites for hydroxylation is 1. The van der Waals surface area contributed by atoms with Crippen molar-refractivity contribution in [2.24, 2.45) is 0 Å². The van der Waals surface area contributed by atoms with Crippen molar-refractivity contribution in [2.45, 2.75) is 30.0 Å². The first-order valence-corrected chi connectivity index (χ1v) is 12.1. The van der Waals surface area contributed by atoms with E-state index in [2.05, 4.69) is 4.98 Å². The highest BCUT2D eigenvalue weighted by Gasteiger charge is 2.41. The lowest BCUT2D eigenvalue weighted by Crippen LogP contribution is -2.57. The van der Waals surface area contributed by atoms with Crippen molar-refractivity contribution in [1.82, 2.24) is 18.9 Å². The van der Waals surface area contributed by atoms with Crippen LogP contribution >= 0.6 is 0 Å². The fraction of sp³-hybridized carbons (Fsp3) is 0.261. The molecule has 0 N–H and O–H groups in total. The summed E-state index contributed by atoms with van der Waals surface area (Å²) in [6.07, 6.45) is 2.35. The Hall–Kier alpha value is -3.53. The van der Waals surface area contributed by atoms with E-state index < -0.39 is 20.9 Å². The van der Waals surface area contributed by atoms with Crippen molar-refractivity contribution >= 4 is 32.4 Å². The predicted octanol–water partition coefficient (Wildman–Crippen LogP) is 2.50. The zero-order valence-corrected chi connectivity index (χ0v) is 18.6. The molecule has 4 heterocycles. The first-order valence-electron chi connectivity index (χ1n) is 10.6. The van der Waals surface area contributed by atoms with Crippen LogP contribution in [0.3, 0.4) is 0 Å². The first kappa shape index (κ1) is 21.3. The summed E-state index contributed by atoms with van der Waals surface area (Å²) in [4.78, 5) is 32.3. The van der Waals surface area contributed by atoms with Gasteiger partial charge in [-0.1, -0.05) is 13.0 Å². The first-order chi connectivity index (χ1) is 15.8. The summed E-state index contributed by atoms with van der Waals surface area (Å²) in [5.41, 5.74) is 0.969. The molecular weight excluding hydrogens is 447 g/mol. The third-order valence-electron chi connectivity index (χ3n) is 5.96. The molecule has 8 nitrogen and oxygen atoms in total. The third-order valence-corrected chi connectivity index (χ3v) is 8.06. The SMILES string of the molecule is CCCn1c(C(=O)N2CC(S(=O)(=O)c3ccc(F)cc3)C2)cc2c(=O)n3ccccc3nc21. The van der Waals surface area contributed by atoms with Gasteiger partial charge in [0.15, 0.2) is 9.84 Å². The van der Waals surface area contributed by atoms with E-state index in [4.69, 9.17) is 0 Å². The summed E-state index contributed by atoms with van der Waals surface area (Å²) in [7, 11) is -3.68. The average Bonchev–Trinajstić information content (AvgIpc) is 3.12. The average molecular weight is 469 g/mol. The lowest BCUT2D eigenvalue weighted by atomic mass is 10.2. The summed E-state index contributed by atoms with van der Waals surface area (Å²) in [5, 5.41) is -0.422. The van der Waals surface area contributed by atoms with Crippen molar-refractivity contribution in [3.05, 3.63) is 76.6 Å². The number of likely N-dealkylation sites (tertiary alicyclic amines) is 1. The maximum atomic E-state index is 13.3. The molecule has 0 aliphatic carbocycles. The van der Waals surface area contributed by atoms with Crippen LogP contribution in [0.2, 0.25) is 0 Å². The van der Waals surface area contributed by atoms with Gasteiger partial charge in [0, 0.05) is 25.8 Å². The van der Waals surface area contributed by atoms with Crippen LogP contribution in [-0.2, 0) is 16.4 Å². The molecule has 0 saturated carbocycles. The molecule has 5 rings (SSSR count). The van der Waals surface area contributed by atoms with E-state index in [0.717, 1.165) is 18.6 Å². The molecule has 1 aromatic carbocycles. The molecule has 4 aromatic rings. The van der Waals surface area contributed by atoms with Crippen molar-refractivity contribution < 1.29 is 17.6 Å². The molecule has 0 radical (unpaired) electrons. The summed E-state index contributed by atoms with van der Waals surface area (Å²) in [5.74, 6) is -0.860. The number of amides is 1. The molecule has 1 amide bonds. The van der Waals surface area contributed by atoms with Gasteiger partial charge in [-0.25, -0.2) is 17.8 Å². The smallest absolute Gasteiger partial charge is 0.270 e. The molecule has 1 fully saturated rings. The minimum atomic E-state index is -3.68. The molecular formula is C23H21FN4O4S. The second-order valence-electron chi connectivity index (χ2n) is 8.10. The van der Waals surface area contributed by atoms with Crippen LogP contribution < -0.4 is 5.56 Å². The number of pyridine rings is 1. The zero-order chi connectivity index (χ0) is 23.3. The van der Waals surface area contributed by atoms with Crippen LogP contribution in [0.1, 0.15) is 23.8 Å². The van der Waals surface area contributed by atoms with E-state index in [1.165, 1.54) is 21.4 Å². The monoisotopic (exact) mass is 468 g/mol. The molecule has 0 atom stereocenters. The number of hydrogen-bond donors (Lipinski definition) is 0. The number of fused-ring (bicyclic) bond motifs is 2. The van der Waals surface area contributed by atoms with Crippen molar-refractivity contribution in [2.75, 3.05) is 13.1 Å². The number of carbonyl (C=O) groups excluding carboxylic acids is 1. The Balaban J connectivity index is 1.47. The summed E-state index contributed by atoms with van der Waals surface area (Å²) >= 11 is 0. The number of nitrogens with zero attached hydrogens (tertiary/aromatic N) is 4. The van der Waals surface area contributed by atoms with E-state index in [1.54, 1.807) is 35.0 Å². The fourth-order valence-electron chi connectivity index (χ4n) is 4.16. The lowest BCUT2D eigenvalue weighted by molar-refractivity contribution is 0.0648. The number of benzene rings is 1. The van der Waals surface area contributed by atoms with E-state index >= 15 is 0 Å². The normalized spacial score (nSPS) is 14.7. The maximum absolute atomic E-state index is 13.3. The highest BCUT2D eigenvalue weighted by Crippen LogP contribution is 2.27. The highest BCUT2D eigenvalue weighted by atomic mass is 32.2. The van der Waals surface area contributed by atoms with Gasteiger partial charge in [-0.3, -0.25) is 14.0 Å². The summed E-state index contributed by atoms with van der Waals surface area (Å²) < 4.78 is 41.9. The van der Waals surface area contributed by atoms with E-state index in [0.29, 0.717) is 28.9 Å². The van der Waals surface area contributed by atoms with Gasteiger partial charge in [-0.15, -0.1) is 0 Å². The molecule has 0 unspecified atom stereocenters. The molecule has 1 aliphatic rings. The Labute approximate surface area is 188 Å². The molecule has 0 spiro atoms. The number of rotatable bonds is 5. The Kier molecular flexibility index (Phi) is 5.04. The minimum Gasteiger partial charge on any atom is -0.335 e. The standard InChI is InChI=1S/C23H21FN4O4S/c1-2-10-27-19(12-18-21(27)25-20-5-3-4-11-28(20)22(18)29)23(30)26-13-17(14-26)33(31,32)16-8-6-15(24)7-9-16/h3-9,11-12,17H,2,10,13-14H2,1H3. The van der Waals surface area contributed by atoms with Gasteiger partial charge in [0.1, 0.15) is 28.1 Å². The second-order valence-corrected chi connectivity index (χ2v) is 10.3. The number of sulfone groups is 1. The van der Waals surface area contributed by atoms with Crippen LogP contribution in [0.5, 0.6) is 0 Å². The Morgan fingerprint density at radius 1 is 1.15 bits per heavy atom. The van der Waals surface area contributed by atoms with Crippen molar-refractivity contribution in [3.63, 3.8) is 0 Å². The minimum absolute atomic E-state index is 0.0284. The van der Waals surface area contributed by atoms with Crippen molar-refractivity contribution in [1.29, 1.82) is 0 Å². The Morgan fingerprint density at radius 2 is 1.88 bits per heavy atom. The van der Waals surface area contributed by atoms with Gasteiger partial charge >= 0.3 is 0 Å². The zero-order valence-electron chi connectivity index (χ0n) is 17.8. The molecule has 1 saturated heterocycles. The molecule has 1 aliphatic heterocycles. The van der Waals surface area contributed by atoms with Crippen LogP contribution in [-0.4, -0.2) is 51.5 Å². The number of carbonyl (C=O) groups is 1. The van der Waals surface area contributed by atoms with Crippen LogP contribution in [0.4, 0.5) is 4.39 Å². The van der Waals surface area contributed by atoms with Gasteiger partial charge in [0.25, 0.3) is 11.5 Å². The van der Waals surface area contributed by atoms with Crippen LogP contribution in [0.15, 0.2) is 64.4 Å². The van der Waals surface area contributed by atoms with Gasteiger partial charge in [0.05, 0.1) is 10.3 Å². The number of hydrogen-bond acceptors (Lipinski definition) is 5. The van der Waals surface area contributed by atoms with E-state index in [9.17, 15) is 22.4 Å². The third kappa shape index (κ3) is 3.41. The molecule has 170 valence electrons. The Morgan fingerprint density at radius 3 is 2.58 bits per heavy atom. The molecule has 0 bridgehead atoms. The summed E-state index contributed by atoms with van der Waals surface area (Å²) in [6.45, 7) is 2.51. The number of halogens is 1. The predicted molar refractivity (Wildman–Crippen MR) is 121 cm³/mol. The van der Waals surface area contributed by atoms with Crippen molar-refractivity contribution in [3.8, 4) is 0 Å². The van der Waals surface area contributed by atoms with Crippen LogP contribution in [0, 0.1) is 5.82 Å².